The van der Waals surface area contributed by atoms with Crippen LogP contribution in [0.4, 0.5) is 0 Å². The number of halogens is 1. The van der Waals surface area contributed by atoms with Gasteiger partial charge in [-0.25, -0.2) is 8.42 Å². The molecule has 13 heavy (non-hydrogen) atoms. The summed E-state index contributed by atoms with van der Waals surface area (Å²) in [6.07, 6.45) is 5.24. The summed E-state index contributed by atoms with van der Waals surface area (Å²) in [5, 5.41) is 0. The normalized spacial score (nSPS) is 29.4. The third kappa shape index (κ3) is 5.49. The lowest BCUT2D eigenvalue weighted by atomic mass is 9.88. The van der Waals surface area contributed by atoms with Gasteiger partial charge in [0, 0.05) is 12.3 Å². The number of sulfone groups is 1. The average Bonchev–Trinajstić information content (AvgIpc) is 1.91. The van der Waals surface area contributed by atoms with Crippen LogP contribution in [0.5, 0.6) is 0 Å². The Morgan fingerprint density at radius 2 is 1.69 bits per heavy atom. The van der Waals surface area contributed by atoms with Gasteiger partial charge in [0.2, 0.25) is 0 Å². The van der Waals surface area contributed by atoms with Crippen LogP contribution in [0.1, 0.15) is 25.7 Å². The molecule has 1 aliphatic carbocycles. The largest absolute Gasteiger partial charge is 0.328 e. The van der Waals surface area contributed by atoms with Gasteiger partial charge in [-0.3, -0.25) is 0 Å². The molecule has 0 aromatic rings. The number of hydrogen-bond acceptors (Lipinski definition) is 3. The van der Waals surface area contributed by atoms with Crippen LogP contribution in [-0.4, -0.2) is 26.5 Å². The van der Waals surface area contributed by atoms with E-state index < -0.39 is 9.84 Å². The van der Waals surface area contributed by atoms with Crippen LogP contribution < -0.4 is 5.73 Å². The molecule has 1 saturated carbocycles. The fraction of sp³-hybridized carbons (Fsp3) is 1.00. The maximum Gasteiger partial charge on any atom is 0.147 e. The molecule has 0 radical (unpaired) electrons. The molecule has 2 N–H and O–H groups in total. The fourth-order valence-electron chi connectivity index (χ4n) is 1.78. The summed E-state index contributed by atoms with van der Waals surface area (Å²) in [7, 11) is -2.78. The number of rotatable bonds is 2. The van der Waals surface area contributed by atoms with Gasteiger partial charge in [-0.05, 0) is 31.6 Å². The van der Waals surface area contributed by atoms with Crippen molar-refractivity contribution in [2.45, 2.75) is 31.7 Å². The van der Waals surface area contributed by atoms with E-state index in [0.717, 1.165) is 25.7 Å². The molecule has 0 spiro atoms. The molecular formula is C8H18ClNO2S. The summed E-state index contributed by atoms with van der Waals surface area (Å²) >= 11 is 0. The standard InChI is InChI=1S/C8H17NO2S.ClH/c1-12(10,11)6-7-2-4-8(9)5-3-7;/h7-8H,2-6,9H2,1H3;1H. The van der Waals surface area contributed by atoms with Crippen LogP contribution in [-0.2, 0) is 9.84 Å². The Balaban J connectivity index is 0.00000144. The Bertz CT molecular complexity index is 233. The minimum absolute atomic E-state index is 0. The second-order valence-corrected chi connectivity index (χ2v) is 6.06. The van der Waals surface area contributed by atoms with E-state index in [1.54, 1.807) is 0 Å². The first-order chi connectivity index (χ1) is 5.47. The minimum Gasteiger partial charge on any atom is -0.328 e. The highest BCUT2D eigenvalue weighted by atomic mass is 35.5. The van der Waals surface area contributed by atoms with Gasteiger partial charge in [-0.15, -0.1) is 12.4 Å². The van der Waals surface area contributed by atoms with Gasteiger partial charge in [0.25, 0.3) is 0 Å². The second-order valence-electron chi connectivity index (χ2n) is 3.87. The highest BCUT2D eigenvalue weighted by Gasteiger charge is 2.21. The minimum atomic E-state index is -2.78. The quantitative estimate of drug-likeness (QED) is 0.765. The van der Waals surface area contributed by atoms with Crippen molar-refractivity contribution in [3.05, 3.63) is 0 Å². The Kier molecular flexibility index (Phi) is 5.25. The van der Waals surface area contributed by atoms with E-state index in [-0.39, 0.29) is 12.4 Å². The lowest BCUT2D eigenvalue weighted by Gasteiger charge is -2.25. The van der Waals surface area contributed by atoms with E-state index >= 15 is 0 Å². The van der Waals surface area contributed by atoms with Gasteiger partial charge in [-0.2, -0.15) is 0 Å². The van der Waals surface area contributed by atoms with Gasteiger partial charge < -0.3 is 5.73 Å². The van der Waals surface area contributed by atoms with Crippen molar-refractivity contribution >= 4 is 22.2 Å². The predicted molar refractivity (Wildman–Crippen MR) is 56.9 cm³/mol. The van der Waals surface area contributed by atoms with Crippen LogP contribution >= 0.6 is 12.4 Å². The van der Waals surface area contributed by atoms with Crippen molar-refractivity contribution in [2.24, 2.45) is 11.7 Å². The molecule has 0 bridgehead atoms. The van der Waals surface area contributed by atoms with Crippen LogP contribution in [0.15, 0.2) is 0 Å². The molecule has 0 aromatic heterocycles. The molecule has 0 aliphatic heterocycles. The topological polar surface area (TPSA) is 60.2 Å². The molecule has 0 heterocycles. The monoisotopic (exact) mass is 227 g/mol. The molecule has 1 fully saturated rings. The molecule has 0 atom stereocenters. The van der Waals surface area contributed by atoms with Gasteiger partial charge in [-0.1, -0.05) is 0 Å². The molecular weight excluding hydrogens is 210 g/mol. The first-order valence-electron chi connectivity index (χ1n) is 4.40. The van der Waals surface area contributed by atoms with Crippen LogP contribution in [0.3, 0.4) is 0 Å². The van der Waals surface area contributed by atoms with E-state index in [2.05, 4.69) is 0 Å². The summed E-state index contributed by atoms with van der Waals surface area (Å²) in [6.45, 7) is 0. The zero-order chi connectivity index (χ0) is 9.19. The average molecular weight is 228 g/mol. The van der Waals surface area contributed by atoms with Crippen molar-refractivity contribution < 1.29 is 8.42 Å². The summed E-state index contributed by atoms with van der Waals surface area (Å²) in [6, 6.07) is 0.306. The SMILES string of the molecule is CS(=O)(=O)CC1CCC(N)CC1.Cl. The van der Waals surface area contributed by atoms with Crippen molar-refractivity contribution in [1.82, 2.24) is 0 Å². The Morgan fingerprint density at radius 3 is 2.08 bits per heavy atom. The Morgan fingerprint density at radius 1 is 1.23 bits per heavy atom. The van der Waals surface area contributed by atoms with E-state index in [4.69, 9.17) is 5.73 Å². The number of nitrogens with two attached hydrogens (primary N) is 1. The zero-order valence-corrected chi connectivity index (χ0v) is 9.53. The highest BCUT2D eigenvalue weighted by molar-refractivity contribution is 7.90. The molecule has 0 saturated heterocycles. The van der Waals surface area contributed by atoms with Crippen LogP contribution in [0.25, 0.3) is 0 Å². The maximum atomic E-state index is 10.9. The smallest absolute Gasteiger partial charge is 0.147 e. The number of hydrogen-bond donors (Lipinski definition) is 1. The molecule has 0 aromatic carbocycles. The van der Waals surface area contributed by atoms with Crippen LogP contribution in [0, 0.1) is 5.92 Å². The summed E-state index contributed by atoms with van der Waals surface area (Å²) < 4.78 is 21.9. The third-order valence-corrected chi connectivity index (χ3v) is 3.51. The highest BCUT2D eigenvalue weighted by Crippen LogP contribution is 2.23. The van der Waals surface area contributed by atoms with Gasteiger partial charge in [0.05, 0.1) is 5.75 Å². The van der Waals surface area contributed by atoms with Crippen molar-refractivity contribution in [1.29, 1.82) is 0 Å². The Hall–Kier alpha value is 0.200. The first-order valence-corrected chi connectivity index (χ1v) is 6.47. The zero-order valence-electron chi connectivity index (χ0n) is 7.90. The van der Waals surface area contributed by atoms with E-state index in [9.17, 15) is 8.42 Å². The summed E-state index contributed by atoms with van der Waals surface area (Å²) in [4.78, 5) is 0. The molecule has 5 heteroatoms. The Labute approximate surface area is 86.4 Å². The molecule has 0 unspecified atom stereocenters. The lowest BCUT2D eigenvalue weighted by Crippen LogP contribution is -2.29. The summed E-state index contributed by atoms with van der Waals surface area (Å²) in [5.74, 6) is 0.708. The maximum absolute atomic E-state index is 10.9. The van der Waals surface area contributed by atoms with E-state index in [1.165, 1.54) is 6.26 Å². The molecule has 1 rings (SSSR count). The van der Waals surface area contributed by atoms with Gasteiger partial charge >= 0.3 is 0 Å². The van der Waals surface area contributed by atoms with Crippen molar-refractivity contribution in [3.8, 4) is 0 Å². The predicted octanol–water partition coefficient (Wildman–Crippen LogP) is 0.970. The van der Waals surface area contributed by atoms with Crippen molar-refractivity contribution in [3.63, 3.8) is 0 Å². The van der Waals surface area contributed by atoms with Crippen LogP contribution in [0.2, 0.25) is 0 Å². The van der Waals surface area contributed by atoms with Crippen molar-refractivity contribution in [2.75, 3.05) is 12.0 Å². The fourth-order valence-corrected chi connectivity index (χ4v) is 2.97. The molecule has 3 nitrogen and oxygen atoms in total. The van der Waals surface area contributed by atoms with E-state index in [1.807, 2.05) is 0 Å². The summed E-state index contributed by atoms with van der Waals surface area (Å²) in [5.41, 5.74) is 5.71. The third-order valence-electron chi connectivity index (χ3n) is 2.43. The van der Waals surface area contributed by atoms with Gasteiger partial charge in [0.1, 0.15) is 9.84 Å². The molecule has 80 valence electrons. The second kappa shape index (κ2) is 5.17. The lowest BCUT2D eigenvalue weighted by molar-refractivity contribution is 0.349. The van der Waals surface area contributed by atoms with Gasteiger partial charge in [0.15, 0.2) is 0 Å². The first kappa shape index (κ1) is 13.2. The molecule has 1 aliphatic rings. The van der Waals surface area contributed by atoms with E-state index in [0.29, 0.717) is 17.7 Å². The molecule has 0 amide bonds.